The van der Waals surface area contributed by atoms with Crippen LogP contribution in [0.2, 0.25) is 0 Å². The Kier molecular flexibility index (Phi) is 18.4. The number of benzene rings is 3. The van der Waals surface area contributed by atoms with Crippen LogP contribution in [0.3, 0.4) is 0 Å². The number of esters is 3. The minimum absolute atomic E-state index is 0.0289. The van der Waals surface area contributed by atoms with E-state index in [2.05, 4.69) is 16.5 Å². The van der Waals surface area contributed by atoms with Crippen LogP contribution in [0.25, 0.3) is 10.8 Å². The van der Waals surface area contributed by atoms with Gasteiger partial charge in [-0.1, -0.05) is 98.2 Å². The number of hydrogen-bond acceptors (Lipinski definition) is 10. The van der Waals surface area contributed by atoms with E-state index < -0.39 is 87.7 Å². The van der Waals surface area contributed by atoms with E-state index in [1.165, 1.54) is 12.3 Å². The van der Waals surface area contributed by atoms with Gasteiger partial charge in [-0.25, -0.2) is 0 Å². The van der Waals surface area contributed by atoms with Crippen molar-refractivity contribution in [1.29, 1.82) is 0 Å². The van der Waals surface area contributed by atoms with Gasteiger partial charge in [0.25, 0.3) is 0 Å². The molecule has 3 rings (SSSR count). The first-order chi connectivity index (χ1) is 27.0. The third-order valence-electron chi connectivity index (χ3n) is 9.08. The maximum atomic E-state index is 14.4. The summed E-state index contributed by atoms with van der Waals surface area (Å²) in [5.74, 6) is -2.90. The molecule has 0 saturated carbocycles. The highest BCUT2D eigenvalue weighted by atomic mass is 35.5. The Morgan fingerprint density at radius 1 is 0.754 bits per heavy atom. The van der Waals surface area contributed by atoms with Crippen LogP contribution in [-0.2, 0) is 65.5 Å². The fourth-order valence-electron chi connectivity index (χ4n) is 6.04. The van der Waals surface area contributed by atoms with E-state index in [0.717, 1.165) is 21.9 Å². The number of rotatable bonds is 22. The second-order valence-electron chi connectivity index (χ2n) is 14.1. The van der Waals surface area contributed by atoms with Crippen molar-refractivity contribution in [1.82, 2.24) is 10.6 Å². The molecule has 2 amide bonds. The SMILES string of the molecule is C=S(C)(=O)/C(Cl)=C/[C@H](CC(=O)OCC)NC(=O)[C@@H](CC(=O)[C@H](Cc1cccc2ccccc12)NC(=O)[C@H](CC(=O)OCC)CC(=O)OCc1ccccc1)C(C)C. The lowest BCUT2D eigenvalue weighted by atomic mass is 9.86. The lowest BCUT2D eigenvalue weighted by Gasteiger charge is -2.26. The van der Waals surface area contributed by atoms with Gasteiger partial charge in [-0.3, -0.25) is 33.0 Å². The molecule has 14 heteroatoms. The molecule has 3 aromatic carbocycles. The normalized spacial score (nSPS) is 14.7. The molecule has 3 aromatic rings. The molecule has 5 atom stereocenters. The van der Waals surface area contributed by atoms with Crippen molar-refractivity contribution in [2.75, 3.05) is 19.5 Å². The molecule has 0 aromatic heterocycles. The summed E-state index contributed by atoms with van der Waals surface area (Å²) in [6.07, 6.45) is 1.08. The molecule has 0 saturated heterocycles. The summed E-state index contributed by atoms with van der Waals surface area (Å²) in [7, 11) is -2.88. The van der Waals surface area contributed by atoms with Crippen LogP contribution in [0, 0.1) is 17.8 Å². The Labute approximate surface area is 340 Å². The average molecular weight is 825 g/mol. The van der Waals surface area contributed by atoms with E-state index in [0.29, 0.717) is 0 Å². The fraction of sp³-hybridized carbons (Fsp3) is 0.419. The zero-order chi connectivity index (χ0) is 42.1. The van der Waals surface area contributed by atoms with Crippen LogP contribution in [0.4, 0.5) is 0 Å². The van der Waals surface area contributed by atoms with E-state index in [1.54, 1.807) is 52.0 Å². The second-order valence-corrected chi connectivity index (χ2v) is 17.2. The number of nitrogens with one attached hydrogen (secondary N) is 2. The lowest BCUT2D eigenvalue weighted by molar-refractivity contribution is -0.151. The van der Waals surface area contributed by atoms with E-state index in [4.69, 9.17) is 25.8 Å². The zero-order valence-corrected chi connectivity index (χ0v) is 34.7. The van der Waals surface area contributed by atoms with Crippen LogP contribution >= 0.6 is 11.6 Å². The van der Waals surface area contributed by atoms with Crippen molar-refractivity contribution < 1.29 is 47.2 Å². The van der Waals surface area contributed by atoms with Gasteiger partial charge in [0, 0.05) is 34.5 Å². The van der Waals surface area contributed by atoms with E-state index >= 15 is 0 Å². The molecule has 0 aliphatic heterocycles. The Balaban J connectivity index is 1.94. The third-order valence-corrected chi connectivity index (χ3v) is 11.1. The molecule has 0 fully saturated rings. The lowest BCUT2D eigenvalue weighted by Crippen LogP contribution is -2.48. The highest BCUT2D eigenvalue weighted by molar-refractivity contribution is 8.04. The Bertz CT molecular complexity index is 2010. The molecule has 12 nitrogen and oxygen atoms in total. The predicted molar refractivity (Wildman–Crippen MR) is 221 cm³/mol. The maximum absolute atomic E-state index is 14.4. The van der Waals surface area contributed by atoms with Gasteiger partial charge in [-0.15, -0.1) is 0 Å². The summed E-state index contributed by atoms with van der Waals surface area (Å²) in [5, 5.41) is 7.31. The van der Waals surface area contributed by atoms with Crippen molar-refractivity contribution in [3.05, 3.63) is 94.4 Å². The third kappa shape index (κ3) is 15.5. The number of carbonyl (C=O) groups excluding carboxylic acids is 6. The van der Waals surface area contributed by atoms with Crippen molar-refractivity contribution >= 4 is 73.3 Å². The van der Waals surface area contributed by atoms with Crippen molar-refractivity contribution in [3.8, 4) is 0 Å². The smallest absolute Gasteiger partial charge is 0.308 e. The number of ether oxygens (including phenoxy) is 3. The van der Waals surface area contributed by atoms with Crippen LogP contribution in [0.15, 0.2) is 83.2 Å². The van der Waals surface area contributed by atoms with Crippen LogP contribution in [-0.4, -0.2) is 77.1 Å². The van der Waals surface area contributed by atoms with Gasteiger partial charge in [0.2, 0.25) is 11.8 Å². The van der Waals surface area contributed by atoms with Gasteiger partial charge in [0.05, 0.1) is 54.8 Å². The topological polar surface area (TPSA) is 171 Å². The highest BCUT2D eigenvalue weighted by Gasteiger charge is 2.34. The minimum Gasteiger partial charge on any atom is -0.466 e. The van der Waals surface area contributed by atoms with Crippen LogP contribution in [0.1, 0.15) is 64.5 Å². The first-order valence-corrected chi connectivity index (χ1v) is 21.3. The summed E-state index contributed by atoms with van der Waals surface area (Å²) in [6, 6.07) is 19.9. The molecule has 308 valence electrons. The number of Topliss-reactive ketones (excluding diaryl/α,β-unsaturated/α-hetero) is 1. The van der Waals surface area contributed by atoms with Gasteiger partial charge >= 0.3 is 17.9 Å². The molecule has 1 unspecified atom stereocenters. The molecule has 0 spiro atoms. The zero-order valence-electron chi connectivity index (χ0n) is 33.1. The minimum atomic E-state index is -2.88. The van der Waals surface area contributed by atoms with Gasteiger partial charge in [-0.2, -0.15) is 0 Å². The fourth-order valence-corrected chi connectivity index (χ4v) is 6.64. The number of amides is 2. The Morgan fingerprint density at radius 2 is 1.33 bits per heavy atom. The summed E-state index contributed by atoms with van der Waals surface area (Å²) in [4.78, 5) is 80.5. The summed E-state index contributed by atoms with van der Waals surface area (Å²) >= 11 is 6.25. The number of carbonyl (C=O) groups is 6. The largest absolute Gasteiger partial charge is 0.466 e. The average Bonchev–Trinajstić information content (AvgIpc) is 3.15. The Morgan fingerprint density at radius 3 is 1.95 bits per heavy atom. The van der Waals surface area contributed by atoms with Crippen molar-refractivity contribution in [3.63, 3.8) is 0 Å². The summed E-state index contributed by atoms with van der Waals surface area (Å²) < 4.78 is 28.0. The molecule has 0 bridgehead atoms. The molecule has 0 radical (unpaired) electrons. The number of ketones is 1. The molecule has 2 N–H and O–H groups in total. The Hall–Kier alpha value is -5.01. The number of halogens is 1. The van der Waals surface area contributed by atoms with Gasteiger partial charge in [-0.05, 0) is 53.6 Å². The van der Waals surface area contributed by atoms with Crippen LogP contribution < -0.4 is 10.6 Å². The van der Waals surface area contributed by atoms with Crippen molar-refractivity contribution in [2.45, 2.75) is 78.5 Å². The first kappa shape index (κ1) is 46.4. The van der Waals surface area contributed by atoms with Gasteiger partial charge in [0.1, 0.15) is 6.61 Å². The molecular formula is C43H53ClN2O10S. The molecule has 0 aliphatic carbocycles. The van der Waals surface area contributed by atoms with Gasteiger partial charge in [0.15, 0.2) is 5.78 Å². The van der Waals surface area contributed by atoms with E-state index in [1.807, 2.05) is 48.5 Å². The first-order valence-electron chi connectivity index (χ1n) is 18.8. The molecular weight excluding hydrogens is 772 g/mol. The van der Waals surface area contributed by atoms with E-state index in [-0.39, 0.29) is 43.4 Å². The highest BCUT2D eigenvalue weighted by Crippen LogP contribution is 2.24. The molecule has 57 heavy (non-hydrogen) atoms. The maximum Gasteiger partial charge on any atom is 0.308 e. The van der Waals surface area contributed by atoms with E-state index in [9.17, 15) is 33.0 Å². The quantitative estimate of drug-likeness (QED) is 0.0732. The standard InChI is InChI=1S/C43H53ClN2O10S/c1-7-54-39(48)22-32(23-40(49)56-27-29-15-10-9-11-16-29)42(51)46-36(21-31-19-14-18-30-17-12-13-20-34(30)31)37(47)26-35(28(3)4)43(52)45-33(25-41(50)55-8-2)24-38(44)57(5,6)53/h9-20,24,28,32-33,35-36H,5,7-8,21-23,25-27H2,1-4,6H3,(H,45,52)(H,46,51)/b38-24+/t32-,33-,35+,36+,57?/m1/s1. The van der Waals surface area contributed by atoms with Crippen molar-refractivity contribution in [2.24, 2.45) is 17.8 Å². The monoisotopic (exact) mass is 824 g/mol. The van der Waals surface area contributed by atoms with Gasteiger partial charge < -0.3 is 24.8 Å². The number of fused-ring (bicyclic) bond motifs is 1. The van der Waals surface area contributed by atoms with Crippen LogP contribution in [0.5, 0.6) is 0 Å². The predicted octanol–water partition coefficient (Wildman–Crippen LogP) is 5.67. The second kappa shape index (κ2) is 22.7. The summed E-state index contributed by atoms with van der Waals surface area (Å²) in [5.41, 5.74) is 1.48. The summed E-state index contributed by atoms with van der Waals surface area (Å²) in [6.45, 7) is 6.88. The number of hydrogen-bond donors (Lipinski definition) is 2. The molecule has 0 aliphatic rings. The molecule has 0 heterocycles.